The standard InChI is InChI=1S/C9H18N2O3/c1-6(5-12)3-9(14)11-8(4-10)7(2)13/h6,8,12H,3-5,10H2,1-2H3,(H,11,14)/t6?,8-/m0/s1. The number of nitrogens with one attached hydrogen (secondary N) is 1. The second-order valence-corrected chi connectivity index (χ2v) is 3.46. The summed E-state index contributed by atoms with van der Waals surface area (Å²) in [6.45, 7) is 3.20. The zero-order valence-electron chi connectivity index (χ0n) is 8.62. The quantitative estimate of drug-likeness (QED) is 0.517. The van der Waals surface area contributed by atoms with Crippen LogP contribution in [0.5, 0.6) is 0 Å². The fraction of sp³-hybridized carbons (Fsp3) is 0.778. The number of amides is 1. The van der Waals surface area contributed by atoms with Crippen LogP contribution in [0.25, 0.3) is 0 Å². The molecular weight excluding hydrogens is 184 g/mol. The molecule has 0 bridgehead atoms. The first-order valence-electron chi connectivity index (χ1n) is 4.62. The average Bonchev–Trinajstić information content (AvgIpc) is 2.13. The highest BCUT2D eigenvalue weighted by Gasteiger charge is 2.16. The summed E-state index contributed by atoms with van der Waals surface area (Å²) in [5.41, 5.74) is 5.30. The molecule has 1 amide bonds. The van der Waals surface area contributed by atoms with Gasteiger partial charge in [0.05, 0.1) is 6.04 Å². The highest BCUT2D eigenvalue weighted by Crippen LogP contribution is 1.99. The lowest BCUT2D eigenvalue weighted by atomic mass is 10.1. The second kappa shape index (κ2) is 6.50. The zero-order valence-corrected chi connectivity index (χ0v) is 8.62. The maximum absolute atomic E-state index is 11.3. The van der Waals surface area contributed by atoms with Crippen LogP contribution in [0.15, 0.2) is 0 Å². The van der Waals surface area contributed by atoms with Crippen molar-refractivity contribution in [2.45, 2.75) is 26.3 Å². The monoisotopic (exact) mass is 202 g/mol. The molecule has 5 nitrogen and oxygen atoms in total. The van der Waals surface area contributed by atoms with E-state index in [1.165, 1.54) is 6.92 Å². The van der Waals surface area contributed by atoms with Gasteiger partial charge >= 0.3 is 0 Å². The largest absolute Gasteiger partial charge is 0.396 e. The van der Waals surface area contributed by atoms with E-state index in [2.05, 4.69) is 5.32 Å². The van der Waals surface area contributed by atoms with E-state index in [4.69, 9.17) is 10.8 Å². The summed E-state index contributed by atoms with van der Waals surface area (Å²) < 4.78 is 0. The maximum atomic E-state index is 11.3. The molecule has 0 rings (SSSR count). The topological polar surface area (TPSA) is 92.4 Å². The molecule has 0 aromatic rings. The van der Waals surface area contributed by atoms with Gasteiger partial charge in [0.25, 0.3) is 0 Å². The Kier molecular flexibility index (Phi) is 6.07. The van der Waals surface area contributed by atoms with Crippen molar-refractivity contribution in [2.75, 3.05) is 13.2 Å². The van der Waals surface area contributed by atoms with Crippen LogP contribution in [0.3, 0.4) is 0 Å². The molecule has 1 unspecified atom stereocenters. The first-order valence-corrected chi connectivity index (χ1v) is 4.62. The fourth-order valence-electron chi connectivity index (χ4n) is 0.961. The van der Waals surface area contributed by atoms with E-state index in [0.29, 0.717) is 0 Å². The van der Waals surface area contributed by atoms with Gasteiger partial charge in [0, 0.05) is 19.6 Å². The summed E-state index contributed by atoms with van der Waals surface area (Å²) in [6, 6.07) is -0.603. The van der Waals surface area contributed by atoms with Crippen molar-refractivity contribution in [1.82, 2.24) is 5.32 Å². The number of carbonyl (C=O) groups excluding carboxylic acids is 2. The molecule has 14 heavy (non-hydrogen) atoms. The molecule has 4 N–H and O–H groups in total. The highest BCUT2D eigenvalue weighted by molar-refractivity contribution is 5.87. The van der Waals surface area contributed by atoms with E-state index in [1.54, 1.807) is 6.92 Å². The molecule has 0 aromatic carbocycles. The van der Waals surface area contributed by atoms with Gasteiger partial charge in [0.15, 0.2) is 5.78 Å². The fourth-order valence-corrected chi connectivity index (χ4v) is 0.961. The van der Waals surface area contributed by atoms with Crippen molar-refractivity contribution in [1.29, 1.82) is 0 Å². The van der Waals surface area contributed by atoms with Crippen molar-refractivity contribution in [3.05, 3.63) is 0 Å². The molecule has 0 spiro atoms. The normalized spacial score (nSPS) is 14.6. The Morgan fingerprint density at radius 1 is 1.50 bits per heavy atom. The highest BCUT2D eigenvalue weighted by atomic mass is 16.3. The van der Waals surface area contributed by atoms with Crippen molar-refractivity contribution >= 4 is 11.7 Å². The number of aliphatic hydroxyl groups excluding tert-OH is 1. The van der Waals surface area contributed by atoms with E-state index in [0.717, 1.165) is 0 Å². The van der Waals surface area contributed by atoms with Crippen LogP contribution in [0, 0.1) is 5.92 Å². The molecule has 0 aliphatic carbocycles. The first-order chi connectivity index (χ1) is 6.51. The van der Waals surface area contributed by atoms with Crippen LogP contribution < -0.4 is 11.1 Å². The molecule has 0 saturated heterocycles. The number of hydrogen-bond donors (Lipinski definition) is 3. The van der Waals surface area contributed by atoms with E-state index in [1.807, 2.05) is 0 Å². The number of Topliss-reactive ketones (excluding diaryl/α,β-unsaturated/α-hetero) is 1. The number of nitrogens with two attached hydrogens (primary N) is 1. The van der Waals surface area contributed by atoms with E-state index in [-0.39, 0.29) is 37.2 Å². The van der Waals surface area contributed by atoms with Gasteiger partial charge in [-0.1, -0.05) is 6.92 Å². The molecule has 0 heterocycles. The molecule has 0 aromatic heterocycles. The lowest BCUT2D eigenvalue weighted by molar-refractivity contribution is -0.127. The molecule has 0 aliphatic heterocycles. The summed E-state index contributed by atoms with van der Waals surface area (Å²) in [4.78, 5) is 22.2. The number of ketones is 1. The maximum Gasteiger partial charge on any atom is 0.220 e. The SMILES string of the molecule is CC(=O)[C@H](CN)NC(=O)CC(C)CO. The van der Waals surface area contributed by atoms with Crippen molar-refractivity contribution in [3.63, 3.8) is 0 Å². The Morgan fingerprint density at radius 2 is 2.07 bits per heavy atom. The first kappa shape index (κ1) is 13.1. The van der Waals surface area contributed by atoms with Gasteiger partial charge < -0.3 is 16.2 Å². The Labute approximate surface area is 83.7 Å². The third-order valence-electron chi connectivity index (χ3n) is 1.91. The summed E-state index contributed by atoms with van der Waals surface area (Å²) in [7, 11) is 0. The van der Waals surface area contributed by atoms with Gasteiger partial charge in [-0.2, -0.15) is 0 Å². The molecule has 0 fully saturated rings. The molecule has 5 heteroatoms. The van der Waals surface area contributed by atoms with Gasteiger partial charge in [-0.15, -0.1) is 0 Å². The van der Waals surface area contributed by atoms with Crippen molar-refractivity contribution < 1.29 is 14.7 Å². The van der Waals surface area contributed by atoms with E-state index < -0.39 is 6.04 Å². The van der Waals surface area contributed by atoms with Crippen molar-refractivity contribution in [3.8, 4) is 0 Å². The summed E-state index contributed by atoms with van der Waals surface area (Å²) in [5.74, 6) is -0.505. The van der Waals surface area contributed by atoms with Crippen LogP contribution in [0.2, 0.25) is 0 Å². The van der Waals surface area contributed by atoms with E-state index in [9.17, 15) is 9.59 Å². The van der Waals surface area contributed by atoms with Gasteiger partial charge in [-0.3, -0.25) is 9.59 Å². The number of rotatable bonds is 6. The molecular formula is C9H18N2O3. The van der Waals surface area contributed by atoms with Crippen LogP contribution in [-0.4, -0.2) is 36.0 Å². The molecule has 0 saturated carbocycles. The average molecular weight is 202 g/mol. The third kappa shape index (κ3) is 4.94. The lowest BCUT2D eigenvalue weighted by Crippen LogP contribution is -2.45. The molecule has 0 radical (unpaired) electrons. The molecule has 0 aliphatic rings. The number of aliphatic hydroxyl groups is 1. The minimum Gasteiger partial charge on any atom is -0.396 e. The van der Waals surface area contributed by atoms with Crippen LogP contribution in [0.1, 0.15) is 20.3 Å². The summed E-state index contributed by atoms with van der Waals surface area (Å²) in [6.07, 6.45) is 0.209. The minimum atomic E-state index is -0.603. The smallest absolute Gasteiger partial charge is 0.220 e. The van der Waals surface area contributed by atoms with Crippen LogP contribution >= 0.6 is 0 Å². The van der Waals surface area contributed by atoms with Gasteiger partial charge in [-0.25, -0.2) is 0 Å². The second-order valence-electron chi connectivity index (χ2n) is 3.46. The third-order valence-corrected chi connectivity index (χ3v) is 1.91. The van der Waals surface area contributed by atoms with Gasteiger partial charge in [-0.05, 0) is 12.8 Å². The van der Waals surface area contributed by atoms with E-state index >= 15 is 0 Å². The van der Waals surface area contributed by atoms with Crippen molar-refractivity contribution in [2.24, 2.45) is 11.7 Å². The molecule has 82 valence electrons. The predicted octanol–water partition coefficient (Wildman–Crippen LogP) is -0.963. The summed E-state index contributed by atoms with van der Waals surface area (Å²) >= 11 is 0. The molecule has 2 atom stereocenters. The lowest BCUT2D eigenvalue weighted by Gasteiger charge is -2.14. The van der Waals surface area contributed by atoms with Crippen LogP contribution in [0.4, 0.5) is 0 Å². The predicted molar refractivity (Wildman–Crippen MR) is 52.5 cm³/mol. The van der Waals surface area contributed by atoms with Gasteiger partial charge in [0.1, 0.15) is 0 Å². The van der Waals surface area contributed by atoms with Gasteiger partial charge in [0.2, 0.25) is 5.91 Å². The minimum absolute atomic E-state index is 0.0409. The summed E-state index contributed by atoms with van der Waals surface area (Å²) in [5, 5.41) is 11.2. The Hall–Kier alpha value is -0.940. The Bertz CT molecular complexity index is 206. The Balaban J connectivity index is 3.97. The van der Waals surface area contributed by atoms with Crippen LogP contribution in [-0.2, 0) is 9.59 Å². The number of hydrogen-bond acceptors (Lipinski definition) is 4. The zero-order chi connectivity index (χ0) is 11.1. The Morgan fingerprint density at radius 3 is 2.43 bits per heavy atom. The number of carbonyl (C=O) groups is 2.